The fourth-order valence-electron chi connectivity index (χ4n) is 2.23. The van der Waals surface area contributed by atoms with Crippen LogP contribution in [0.1, 0.15) is 19.3 Å². The first-order valence-corrected chi connectivity index (χ1v) is 6.32. The Bertz CT molecular complexity index is 262. The van der Waals surface area contributed by atoms with Crippen molar-refractivity contribution in [1.29, 1.82) is 0 Å². The topological polar surface area (TPSA) is 82.8 Å². The summed E-state index contributed by atoms with van der Waals surface area (Å²) in [6, 6.07) is 0. The highest BCUT2D eigenvalue weighted by molar-refractivity contribution is 5.85. The summed E-state index contributed by atoms with van der Waals surface area (Å²) >= 11 is 0. The van der Waals surface area contributed by atoms with Gasteiger partial charge in [0.05, 0.1) is 38.1 Å². The van der Waals surface area contributed by atoms with Crippen LogP contribution in [0.3, 0.4) is 0 Å². The third-order valence-corrected chi connectivity index (χ3v) is 3.43. The molecule has 0 aliphatic heterocycles. The van der Waals surface area contributed by atoms with Gasteiger partial charge in [0.15, 0.2) is 0 Å². The zero-order valence-electron chi connectivity index (χ0n) is 11.2. The normalized spacial score (nSPS) is 27.6. The van der Waals surface area contributed by atoms with Crippen molar-refractivity contribution in [1.82, 2.24) is 5.32 Å². The molecular weight excluding hydrogens is 236 g/mol. The van der Waals surface area contributed by atoms with Crippen LogP contribution in [0.2, 0.25) is 0 Å². The zero-order chi connectivity index (χ0) is 13.4. The number of nitrogens with two attached hydrogens (primary N) is 1. The second-order valence-corrected chi connectivity index (χ2v) is 4.54. The number of carbonyl (C=O) groups excluding carboxylic acids is 1. The van der Waals surface area contributed by atoms with Gasteiger partial charge >= 0.3 is 0 Å². The molecule has 0 radical (unpaired) electrons. The van der Waals surface area contributed by atoms with E-state index in [0.717, 1.165) is 12.8 Å². The van der Waals surface area contributed by atoms with Crippen LogP contribution in [0, 0.1) is 0 Å². The van der Waals surface area contributed by atoms with E-state index in [1.807, 2.05) is 0 Å². The molecule has 106 valence electrons. The van der Waals surface area contributed by atoms with E-state index in [1.165, 1.54) is 0 Å². The van der Waals surface area contributed by atoms with Crippen molar-refractivity contribution < 1.29 is 19.0 Å². The third-order valence-electron chi connectivity index (χ3n) is 3.43. The van der Waals surface area contributed by atoms with Crippen LogP contribution < -0.4 is 11.1 Å². The van der Waals surface area contributed by atoms with Gasteiger partial charge in [0.2, 0.25) is 5.91 Å². The summed E-state index contributed by atoms with van der Waals surface area (Å²) in [5.74, 6) is -0.299. The van der Waals surface area contributed by atoms with Gasteiger partial charge in [-0.15, -0.1) is 0 Å². The Hall–Kier alpha value is -0.690. The molecule has 1 amide bonds. The number of methoxy groups -OCH3 is 1. The van der Waals surface area contributed by atoms with Crippen LogP contribution >= 0.6 is 0 Å². The summed E-state index contributed by atoms with van der Waals surface area (Å²) in [6.45, 7) is 2.25. The monoisotopic (exact) mass is 260 g/mol. The van der Waals surface area contributed by atoms with Crippen LogP contribution in [0.5, 0.6) is 0 Å². The lowest BCUT2D eigenvalue weighted by Crippen LogP contribution is -2.52. The van der Waals surface area contributed by atoms with Crippen molar-refractivity contribution in [3.05, 3.63) is 0 Å². The number of amides is 1. The number of carbonyl (C=O) groups is 1. The molecule has 3 N–H and O–H groups in total. The van der Waals surface area contributed by atoms with Crippen molar-refractivity contribution in [3.63, 3.8) is 0 Å². The van der Waals surface area contributed by atoms with Gasteiger partial charge in [-0.05, 0) is 19.9 Å². The molecular formula is C12H24N2O4. The highest BCUT2D eigenvalue weighted by atomic mass is 16.5. The average molecular weight is 260 g/mol. The molecule has 0 aromatic rings. The Morgan fingerprint density at radius 1 is 1.39 bits per heavy atom. The van der Waals surface area contributed by atoms with Crippen molar-refractivity contribution in [2.45, 2.75) is 30.9 Å². The van der Waals surface area contributed by atoms with E-state index in [-0.39, 0.29) is 12.0 Å². The standard InChI is InChI=1S/C12H24N2O4/c1-14-12(11(13)15)4-3-10(9-12)18-8-7-17-6-5-16-2/h10,14H,3-9H2,1-2H3,(H2,13,15). The number of hydrogen-bond donors (Lipinski definition) is 2. The van der Waals surface area contributed by atoms with Gasteiger partial charge < -0.3 is 25.3 Å². The molecule has 6 heteroatoms. The summed E-state index contributed by atoms with van der Waals surface area (Å²) in [5.41, 5.74) is 4.82. The summed E-state index contributed by atoms with van der Waals surface area (Å²) in [4.78, 5) is 11.4. The van der Waals surface area contributed by atoms with E-state index in [9.17, 15) is 4.79 Å². The van der Waals surface area contributed by atoms with E-state index >= 15 is 0 Å². The Morgan fingerprint density at radius 2 is 2.11 bits per heavy atom. The number of rotatable bonds is 9. The van der Waals surface area contributed by atoms with E-state index in [1.54, 1.807) is 14.2 Å². The number of likely N-dealkylation sites (N-methyl/N-ethyl adjacent to an activating group) is 1. The molecule has 0 spiro atoms. The molecule has 2 unspecified atom stereocenters. The van der Waals surface area contributed by atoms with Crippen LogP contribution in [-0.2, 0) is 19.0 Å². The minimum Gasteiger partial charge on any atom is -0.382 e. The summed E-state index contributed by atoms with van der Waals surface area (Å²) < 4.78 is 15.8. The number of hydrogen-bond acceptors (Lipinski definition) is 5. The van der Waals surface area contributed by atoms with E-state index in [4.69, 9.17) is 19.9 Å². The molecule has 2 atom stereocenters. The summed E-state index contributed by atoms with van der Waals surface area (Å²) in [5, 5.41) is 3.02. The minimum atomic E-state index is -0.596. The van der Waals surface area contributed by atoms with Gasteiger partial charge in [0.1, 0.15) is 0 Å². The Labute approximate surface area is 108 Å². The SMILES string of the molecule is CNC1(C(N)=O)CCC(OCCOCCOC)C1. The number of nitrogens with one attached hydrogen (secondary N) is 1. The molecule has 0 aromatic heterocycles. The molecule has 0 saturated heterocycles. The molecule has 1 fully saturated rings. The van der Waals surface area contributed by atoms with Gasteiger partial charge in [0.25, 0.3) is 0 Å². The highest BCUT2D eigenvalue weighted by Gasteiger charge is 2.43. The van der Waals surface area contributed by atoms with E-state index in [0.29, 0.717) is 32.8 Å². The first kappa shape index (κ1) is 15.4. The van der Waals surface area contributed by atoms with Gasteiger partial charge in [-0.25, -0.2) is 0 Å². The lowest BCUT2D eigenvalue weighted by Gasteiger charge is -2.24. The van der Waals surface area contributed by atoms with E-state index < -0.39 is 5.54 Å². The second-order valence-electron chi connectivity index (χ2n) is 4.54. The number of primary amides is 1. The number of ether oxygens (including phenoxy) is 3. The fourth-order valence-corrected chi connectivity index (χ4v) is 2.23. The Morgan fingerprint density at radius 3 is 2.67 bits per heavy atom. The molecule has 1 aliphatic rings. The largest absolute Gasteiger partial charge is 0.382 e. The van der Waals surface area contributed by atoms with Gasteiger partial charge in [-0.2, -0.15) is 0 Å². The smallest absolute Gasteiger partial charge is 0.237 e. The van der Waals surface area contributed by atoms with Crippen molar-refractivity contribution in [2.75, 3.05) is 40.6 Å². The zero-order valence-corrected chi connectivity index (χ0v) is 11.2. The van der Waals surface area contributed by atoms with E-state index in [2.05, 4.69) is 5.32 Å². The van der Waals surface area contributed by atoms with Crippen molar-refractivity contribution in [3.8, 4) is 0 Å². The third kappa shape index (κ3) is 4.20. The molecule has 6 nitrogen and oxygen atoms in total. The Balaban J connectivity index is 2.16. The molecule has 0 bridgehead atoms. The van der Waals surface area contributed by atoms with Crippen molar-refractivity contribution in [2.24, 2.45) is 5.73 Å². The lowest BCUT2D eigenvalue weighted by molar-refractivity contribution is -0.124. The maximum atomic E-state index is 11.4. The quantitative estimate of drug-likeness (QED) is 0.554. The van der Waals surface area contributed by atoms with Gasteiger partial charge in [-0.3, -0.25) is 4.79 Å². The average Bonchev–Trinajstić information content (AvgIpc) is 2.78. The Kier molecular flexibility index (Phi) is 6.56. The maximum absolute atomic E-state index is 11.4. The maximum Gasteiger partial charge on any atom is 0.237 e. The van der Waals surface area contributed by atoms with Crippen molar-refractivity contribution >= 4 is 5.91 Å². The minimum absolute atomic E-state index is 0.0796. The lowest BCUT2D eigenvalue weighted by atomic mass is 9.97. The predicted molar refractivity (Wildman–Crippen MR) is 67.3 cm³/mol. The molecule has 1 rings (SSSR count). The van der Waals surface area contributed by atoms with Crippen LogP contribution in [0.15, 0.2) is 0 Å². The summed E-state index contributed by atoms with van der Waals surface area (Å²) in [6.07, 6.45) is 2.29. The van der Waals surface area contributed by atoms with Gasteiger partial charge in [0, 0.05) is 13.5 Å². The molecule has 1 saturated carbocycles. The molecule has 1 aliphatic carbocycles. The summed E-state index contributed by atoms with van der Waals surface area (Å²) in [7, 11) is 3.40. The molecule has 18 heavy (non-hydrogen) atoms. The van der Waals surface area contributed by atoms with Gasteiger partial charge in [-0.1, -0.05) is 0 Å². The van der Waals surface area contributed by atoms with Crippen LogP contribution in [0.4, 0.5) is 0 Å². The molecule has 0 heterocycles. The fraction of sp³-hybridized carbons (Fsp3) is 0.917. The predicted octanol–water partition coefficient (Wildman–Crippen LogP) is -0.338. The van der Waals surface area contributed by atoms with Crippen LogP contribution in [-0.4, -0.2) is 58.1 Å². The van der Waals surface area contributed by atoms with Crippen LogP contribution in [0.25, 0.3) is 0 Å². The first-order valence-electron chi connectivity index (χ1n) is 6.32. The highest BCUT2D eigenvalue weighted by Crippen LogP contribution is 2.31. The molecule has 0 aromatic carbocycles. The first-order chi connectivity index (χ1) is 8.64. The second kappa shape index (κ2) is 7.68.